The first-order valence-electron chi connectivity index (χ1n) is 11.2. The zero-order valence-corrected chi connectivity index (χ0v) is 17.6. The van der Waals surface area contributed by atoms with Crippen LogP contribution in [0.25, 0.3) is 33.8 Å². The highest BCUT2D eigenvalue weighted by molar-refractivity contribution is 5.85. The molecule has 0 amide bonds. The maximum atomic E-state index is 5.14. The second-order valence-electron chi connectivity index (χ2n) is 8.68. The van der Waals surface area contributed by atoms with Gasteiger partial charge < -0.3 is 4.57 Å². The van der Waals surface area contributed by atoms with E-state index < -0.39 is 0 Å². The molecule has 1 N–H and O–H groups in total. The molecule has 0 saturated heterocycles. The Morgan fingerprint density at radius 2 is 1.87 bits per heavy atom. The number of fused-ring (bicyclic) bond motifs is 2. The van der Waals surface area contributed by atoms with E-state index in [0.717, 1.165) is 23.3 Å². The summed E-state index contributed by atoms with van der Waals surface area (Å²) < 4.78 is 2.49. The van der Waals surface area contributed by atoms with Gasteiger partial charge in [0.15, 0.2) is 5.82 Å². The number of nitrogens with one attached hydrogen (secondary N) is 1. The molecule has 1 atom stereocenters. The Morgan fingerprint density at radius 1 is 1.00 bits per heavy atom. The van der Waals surface area contributed by atoms with E-state index in [-0.39, 0.29) is 6.04 Å². The lowest BCUT2D eigenvalue weighted by Gasteiger charge is -2.26. The summed E-state index contributed by atoms with van der Waals surface area (Å²) in [7, 11) is 0. The van der Waals surface area contributed by atoms with Crippen molar-refractivity contribution in [3.8, 4) is 22.8 Å². The molecule has 2 aliphatic rings. The smallest absolute Gasteiger partial charge is 0.179 e. The lowest BCUT2D eigenvalue weighted by atomic mass is 9.93. The molecule has 0 bridgehead atoms. The van der Waals surface area contributed by atoms with Gasteiger partial charge in [0.25, 0.3) is 0 Å². The number of imidazole rings is 1. The third-order valence-electron chi connectivity index (χ3n) is 6.74. The summed E-state index contributed by atoms with van der Waals surface area (Å²) >= 11 is 0. The van der Waals surface area contributed by atoms with E-state index in [1.165, 1.54) is 54.3 Å². The van der Waals surface area contributed by atoms with Crippen LogP contribution >= 0.6 is 0 Å². The molecule has 31 heavy (non-hydrogen) atoms. The van der Waals surface area contributed by atoms with Crippen LogP contribution in [0, 0.1) is 0 Å². The Kier molecular flexibility index (Phi) is 4.40. The molecule has 1 fully saturated rings. The zero-order chi connectivity index (χ0) is 20.8. The van der Waals surface area contributed by atoms with Crippen molar-refractivity contribution in [3.05, 3.63) is 47.5 Å². The van der Waals surface area contributed by atoms with E-state index in [4.69, 9.17) is 4.98 Å². The van der Waals surface area contributed by atoms with E-state index >= 15 is 0 Å². The zero-order valence-electron chi connectivity index (χ0n) is 17.6. The fourth-order valence-electron chi connectivity index (χ4n) is 5.16. The normalized spacial score (nSPS) is 19.1. The summed E-state index contributed by atoms with van der Waals surface area (Å²) in [6, 6.07) is 13.8. The van der Waals surface area contributed by atoms with Crippen molar-refractivity contribution >= 4 is 17.2 Å². The molecular formula is C24H25N7. The quantitative estimate of drug-likeness (QED) is 0.510. The van der Waals surface area contributed by atoms with Gasteiger partial charge in [0, 0.05) is 29.8 Å². The summed E-state index contributed by atoms with van der Waals surface area (Å²) in [6.45, 7) is 2.16. The molecule has 1 aliphatic carbocycles. The Bertz CT molecular complexity index is 1260. The number of H-pyrrole nitrogens is 1. The molecule has 0 radical (unpaired) electrons. The molecule has 3 heterocycles. The van der Waals surface area contributed by atoms with Gasteiger partial charge in [0.1, 0.15) is 5.82 Å². The Morgan fingerprint density at radius 3 is 2.71 bits per heavy atom. The van der Waals surface area contributed by atoms with Crippen LogP contribution in [0.15, 0.2) is 41.4 Å². The third kappa shape index (κ3) is 3.15. The molecule has 1 saturated carbocycles. The van der Waals surface area contributed by atoms with Crippen molar-refractivity contribution in [1.29, 1.82) is 0 Å². The summed E-state index contributed by atoms with van der Waals surface area (Å²) in [5.41, 5.74) is 6.99. The van der Waals surface area contributed by atoms with Gasteiger partial charge >= 0.3 is 0 Å². The third-order valence-corrected chi connectivity index (χ3v) is 6.74. The van der Waals surface area contributed by atoms with Crippen molar-refractivity contribution in [1.82, 2.24) is 30.2 Å². The predicted octanol–water partition coefficient (Wildman–Crippen LogP) is 5.08. The average Bonchev–Trinajstić information content (AvgIpc) is 3.47. The van der Waals surface area contributed by atoms with Crippen LogP contribution in [0.5, 0.6) is 0 Å². The summed E-state index contributed by atoms with van der Waals surface area (Å²) in [4.78, 5) is 9.71. The maximum Gasteiger partial charge on any atom is 0.179 e. The number of tetrazole rings is 1. The van der Waals surface area contributed by atoms with Gasteiger partial charge in [-0.05, 0) is 65.6 Å². The molecule has 7 heteroatoms. The first-order valence-corrected chi connectivity index (χ1v) is 11.2. The van der Waals surface area contributed by atoms with Gasteiger partial charge in [0.2, 0.25) is 0 Å². The minimum absolute atomic E-state index is 0.230. The number of benzene rings is 2. The van der Waals surface area contributed by atoms with Gasteiger partial charge in [0.05, 0.1) is 17.1 Å². The van der Waals surface area contributed by atoms with Gasteiger partial charge in [-0.15, -0.1) is 5.10 Å². The van der Waals surface area contributed by atoms with Crippen molar-refractivity contribution in [2.24, 2.45) is 4.99 Å². The van der Waals surface area contributed by atoms with Gasteiger partial charge in [-0.2, -0.15) is 0 Å². The monoisotopic (exact) mass is 411 g/mol. The summed E-state index contributed by atoms with van der Waals surface area (Å²) in [5, 5.41) is 14.3. The number of aromatic amines is 1. The lowest BCUT2D eigenvalue weighted by molar-refractivity contribution is 0.362. The maximum absolute atomic E-state index is 5.14. The molecule has 6 rings (SSSR count). The van der Waals surface area contributed by atoms with Crippen molar-refractivity contribution in [3.63, 3.8) is 0 Å². The number of nitrogens with zero attached hydrogens (tertiary/aromatic N) is 6. The average molecular weight is 412 g/mol. The molecule has 7 nitrogen and oxygen atoms in total. The van der Waals surface area contributed by atoms with Crippen LogP contribution in [0.3, 0.4) is 0 Å². The van der Waals surface area contributed by atoms with E-state index in [9.17, 15) is 0 Å². The topological polar surface area (TPSA) is 84.6 Å². The van der Waals surface area contributed by atoms with Crippen molar-refractivity contribution in [2.45, 2.75) is 57.5 Å². The highest BCUT2D eigenvalue weighted by Crippen LogP contribution is 2.38. The van der Waals surface area contributed by atoms with Crippen LogP contribution in [0.4, 0.5) is 0 Å². The van der Waals surface area contributed by atoms with Gasteiger partial charge in [-0.3, -0.25) is 4.99 Å². The first-order chi connectivity index (χ1) is 15.3. The Balaban J connectivity index is 1.52. The molecule has 156 valence electrons. The van der Waals surface area contributed by atoms with Gasteiger partial charge in [-0.25, -0.2) is 10.1 Å². The predicted molar refractivity (Wildman–Crippen MR) is 121 cm³/mol. The Hall–Kier alpha value is -3.35. The van der Waals surface area contributed by atoms with E-state index in [0.29, 0.717) is 11.9 Å². The first kappa shape index (κ1) is 18.4. The Labute approximate surface area is 180 Å². The van der Waals surface area contributed by atoms with Crippen LogP contribution in [-0.2, 0) is 6.42 Å². The molecule has 2 aromatic heterocycles. The van der Waals surface area contributed by atoms with Crippen LogP contribution in [0.1, 0.15) is 62.2 Å². The molecule has 4 aromatic rings. The van der Waals surface area contributed by atoms with Crippen LogP contribution in [0.2, 0.25) is 0 Å². The number of rotatable bonds is 3. The highest BCUT2D eigenvalue weighted by Gasteiger charge is 2.24. The summed E-state index contributed by atoms with van der Waals surface area (Å²) in [6.07, 6.45) is 9.24. The van der Waals surface area contributed by atoms with Crippen LogP contribution < -0.4 is 0 Å². The molecular weight excluding hydrogens is 386 g/mol. The minimum atomic E-state index is 0.230. The van der Waals surface area contributed by atoms with Gasteiger partial charge in [-0.1, -0.05) is 31.4 Å². The number of aliphatic imine (C=N–C) groups is 1. The lowest BCUT2D eigenvalue weighted by Crippen LogP contribution is -2.14. The fourth-order valence-corrected chi connectivity index (χ4v) is 5.16. The van der Waals surface area contributed by atoms with E-state index in [2.05, 4.69) is 73.5 Å². The largest absolute Gasteiger partial charge is 0.321 e. The molecule has 2 aromatic carbocycles. The second-order valence-corrected chi connectivity index (χ2v) is 8.68. The second kappa shape index (κ2) is 7.41. The number of aromatic nitrogens is 6. The van der Waals surface area contributed by atoms with Crippen molar-refractivity contribution < 1.29 is 0 Å². The van der Waals surface area contributed by atoms with E-state index in [1.807, 2.05) is 6.21 Å². The summed E-state index contributed by atoms with van der Waals surface area (Å²) in [5.74, 6) is 1.73. The molecule has 1 aliphatic heterocycles. The van der Waals surface area contributed by atoms with E-state index in [1.54, 1.807) is 0 Å². The minimum Gasteiger partial charge on any atom is -0.321 e. The number of hydrogen-bond acceptors (Lipinski definition) is 5. The molecule has 0 spiro atoms. The standard InChI is InChI=1S/C24H25N7/c1-15-20-9-7-18(13-16(20)11-12-25-15)24-26-21-14-17(23-27-29-30-28-23)8-10-22(21)31(24)19-5-3-2-4-6-19/h7-10,12-15,19H,2-6,11H2,1H3,(H,27,28,29,30). The molecule has 1 unspecified atom stereocenters. The van der Waals surface area contributed by atoms with Crippen molar-refractivity contribution in [2.75, 3.05) is 0 Å². The van der Waals surface area contributed by atoms with Crippen LogP contribution in [-0.4, -0.2) is 36.4 Å². The highest BCUT2D eigenvalue weighted by atomic mass is 15.5. The fraction of sp³-hybridized carbons (Fsp3) is 0.375. The SMILES string of the molecule is CC1N=CCc2cc(-c3nc4cc(-c5nnn[nH]5)ccc4n3C3CCCCC3)ccc21. The number of hydrogen-bond donors (Lipinski definition) is 1.